The lowest BCUT2D eigenvalue weighted by Crippen LogP contribution is -2.39. The Morgan fingerprint density at radius 3 is 3.10 bits per heavy atom. The van der Waals surface area contributed by atoms with Gasteiger partial charge in [0, 0.05) is 26.2 Å². The Hall–Kier alpha value is -1.88. The first kappa shape index (κ1) is 15.5. The number of carboxylic acids is 1. The van der Waals surface area contributed by atoms with Crippen LogP contribution in [0.1, 0.15) is 18.4 Å². The van der Waals surface area contributed by atoms with Crippen LogP contribution in [0.3, 0.4) is 0 Å². The monoisotopic (exact) mass is 292 g/mol. The minimum absolute atomic E-state index is 0.298. The number of piperidine rings is 1. The molecule has 114 valence electrons. The number of anilines is 1. The molecular formula is C16H21FN2O2. The molecule has 1 heterocycles. The van der Waals surface area contributed by atoms with E-state index in [0.717, 1.165) is 12.0 Å². The fourth-order valence-electron chi connectivity index (χ4n) is 2.63. The molecule has 4 nitrogen and oxygen atoms in total. The maximum absolute atomic E-state index is 14.0. The summed E-state index contributed by atoms with van der Waals surface area (Å²) in [7, 11) is 0. The Morgan fingerprint density at radius 1 is 1.57 bits per heavy atom. The lowest BCUT2D eigenvalue weighted by Gasteiger charge is -2.33. The van der Waals surface area contributed by atoms with Crippen molar-refractivity contribution in [1.29, 1.82) is 0 Å². The van der Waals surface area contributed by atoms with Gasteiger partial charge in [0.15, 0.2) is 0 Å². The van der Waals surface area contributed by atoms with Crippen molar-refractivity contribution in [2.24, 2.45) is 5.92 Å². The zero-order valence-corrected chi connectivity index (χ0v) is 12.0. The molecule has 0 aliphatic carbocycles. The fraction of sp³-hybridized carbons (Fsp3) is 0.438. The predicted octanol–water partition coefficient (Wildman–Crippen LogP) is 2.40. The van der Waals surface area contributed by atoms with Crippen molar-refractivity contribution in [1.82, 2.24) is 5.32 Å². The van der Waals surface area contributed by atoms with E-state index in [0.29, 0.717) is 38.3 Å². The highest BCUT2D eigenvalue weighted by molar-refractivity contribution is 5.71. The molecule has 0 spiro atoms. The number of nitrogens with one attached hydrogen (secondary N) is 1. The molecule has 1 unspecified atom stereocenters. The minimum Gasteiger partial charge on any atom is -0.481 e. The Labute approximate surface area is 124 Å². The molecule has 2 rings (SSSR count). The highest BCUT2D eigenvalue weighted by Gasteiger charge is 2.26. The molecule has 1 atom stereocenters. The van der Waals surface area contributed by atoms with Crippen molar-refractivity contribution in [3.63, 3.8) is 0 Å². The second-order valence-electron chi connectivity index (χ2n) is 5.33. The SMILES string of the molecule is C=CCNCc1ccc(F)c(N2CCCC(C(=O)O)C2)c1. The van der Waals surface area contributed by atoms with Gasteiger partial charge >= 0.3 is 5.97 Å². The minimum atomic E-state index is -0.802. The topological polar surface area (TPSA) is 52.6 Å². The molecule has 1 aliphatic heterocycles. The van der Waals surface area contributed by atoms with Gasteiger partial charge in [-0.3, -0.25) is 4.79 Å². The Kier molecular flexibility index (Phi) is 5.33. The summed E-state index contributed by atoms with van der Waals surface area (Å²) in [5, 5.41) is 12.3. The summed E-state index contributed by atoms with van der Waals surface area (Å²) in [6, 6.07) is 4.99. The van der Waals surface area contributed by atoms with Crippen molar-refractivity contribution >= 4 is 11.7 Å². The van der Waals surface area contributed by atoms with Crippen LogP contribution in [0.25, 0.3) is 0 Å². The highest BCUT2D eigenvalue weighted by atomic mass is 19.1. The van der Waals surface area contributed by atoms with Gasteiger partial charge < -0.3 is 15.3 Å². The first-order valence-electron chi connectivity index (χ1n) is 7.19. The smallest absolute Gasteiger partial charge is 0.308 e. The molecule has 1 aliphatic rings. The Morgan fingerprint density at radius 2 is 2.38 bits per heavy atom. The number of nitrogens with zero attached hydrogens (tertiary/aromatic N) is 1. The summed E-state index contributed by atoms with van der Waals surface area (Å²) in [5.41, 5.74) is 1.48. The average Bonchev–Trinajstić information content (AvgIpc) is 2.49. The molecular weight excluding hydrogens is 271 g/mol. The summed E-state index contributed by atoms with van der Waals surface area (Å²) in [5.74, 6) is -1.52. The molecule has 5 heteroatoms. The van der Waals surface area contributed by atoms with Crippen LogP contribution >= 0.6 is 0 Å². The molecule has 1 saturated heterocycles. The maximum atomic E-state index is 14.0. The maximum Gasteiger partial charge on any atom is 0.308 e. The van der Waals surface area contributed by atoms with Gasteiger partial charge in [0.2, 0.25) is 0 Å². The van der Waals surface area contributed by atoms with Crippen LogP contribution in [0.15, 0.2) is 30.9 Å². The van der Waals surface area contributed by atoms with E-state index < -0.39 is 11.9 Å². The van der Waals surface area contributed by atoms with Crippen LogP contribution < -0.4 is 10.2 Å². The van der Waals surface area contributed by atoms with Crippen LogP contribution in [-0.2, 0) is 11.3 Å². The molecule has 21 heavy (non-hydrogen) atoms. The number of hydrogen-bond donors (Lipinski definition) is 2. The van der Waals surface area contributed by atoms with Gasteiger partial charge in [-0.25, -0.2) is 4.39 Å². The number of benzene rings is 1. The van der Waals surface area contributed by atoms with E-state index >= 15 is 0 Å². The van der Waals surface area contributed by atoms with Crippen molar-refractivity contribution in [2.75, 3.05) is 24.5 Å². The molecule has 0 bridgehead atoms. The van der Waals surface area contributed by atoms with E-state index in [1.54, 1.807) is 18.2 Å². The normalized spacial score (nSPS) is 18.5. The van der Waals surface area contributed by atoms with Crippen molar-refractivity contribution in [2.45, 2.75) is 19.4 Å². The van der Waals surface area contributed by atoms with Crippen molar-refractivity contribution in [3.8, 4) is 0 Å². The molecule has 0 aromatic heterocycles. The number of rotatable bonds is 6. The van der Waals surface area contributed by atoms with Crippen LogP contribution in [0.2, 0.25) is 0 Å². The van der Waals surface area contributed by atoms with Gasteiger partial charge in [-0.05, 0) is 30.5 Å². The van der Waals surface area contributed by atoms with Gasteiger partial charge in [0.25, 0.3) is 0 Å². The molecule has 0 amide bonds. The first-order valence-corrected chi connectivity index (χ1v) is 7.19. The van der Waals surface area contributed by atoms with Crippen LogP contribution in [0.5, 0.6) is 0 Å². The fourth-order valence-corrected chi connectivity index (χ4v) is 2.63. The standard InChI is InChI=1S/C16H21FN2O2/c1-2-7-18-10-12-5-6-14(17)15(9-12)19-8-3-4-13(11-19)16(20)21/h2,5-6,9,13,18H,1,3-4,7-8,10-11H2,(H,20,21). The average molecular weight is 292 g/mol. The van der Waals surface area contributed by atoms with Gasteiger partial charge in [-0.1, -0.05) is 12.1 Å². The van der Waals surface area contributed by atoms with Crippen LogP contribution in [0, 0.1) is 11.7 Å². The van der Waals surface area contributed by atoms with E-state index in [9.17, 15) is 9.18 Å². The largest absolute Gasteiger partial charge is 0.481 e. The Balaban J connectivity index is 2.12. The van der Waals surface area contributed by atoms with E-state index in [-0.39, 0.29) is 5.82 Å². The van der Waals surface area contributed by atoms with Crippen molar-refractivity contribution < 1.29 is 14.3 Å². The molecule has 1 aromatic rings. The lowest BCUT2D eigenvalue weighted by molar-refractivity contribution is -0.141. The number of aliphatic carboxylic acids is 1. The van der Waals surface area contributed by atoms with E-state index in [1.807, 2.05) is 4.90 Å². The van der Waals surface area contributed by atoms with Crippen LogP contribution in [0.4, 0.5) is 10.1 Å². The zero-order valence-electron chi connectivity index (χ0n) is 12.0. The third kappa shape index (κ3) is 4.04. The molecule has 1 aromatic carbocycles. The third-order valence-corrected chi connectivity index (χ3v) is 3.74. The second-order valence-corrected chi connectivity index (χ2v) is 5.33. The third-order valence-electron chi connectivity index (χ3n) is 3.74. The van der Waals surface area contributed by atoms with E-state index in [2.05, 4.69) is 11.9 Å². The van der Waals surface area contributed by atoms with Gasteiger partial charge in [0.1, 0.15) is 5.82 Å². The Bertz CT molecular complexity index is 519. The molecule has 0 saturated carbocycles. The number of hydrogen-bond acceptors (Lipinski definition) is 3. The summed E-state index contributed by atoms with van der Waals surface area (Å²) in [6.07, 6.45) is 3.20. The molecule has 0 radical (unpaired) electrons. The quantitative estimate of drug-likeness (QED) is 0.624. The van der Waals surface area contributed by atoms with Gasteiger partial charge in [-0.2, -0.15) is 0 Å². The summed E-state index contributed by atoms with van der Waals surface area (Å²) < 4.78 is 14.0. The van der Waals surface area contributed by atoms with Gasteiger partial charge in [-0.15, -0.1) is 6.58 Å². The number of carboxylic acid groups (broad SMARTS) is 1. The lowest BCUT2D eigenvalue weighted by atomic mass is 9.97. The van der Waals surface area contributed by atoms with Gasteiger partial charge in [0.05, 0.1) is 11.6 Å². The van der Waals surface area contributed by atoms with E-state index in [1.165, 1.54) is 6.07 Å². The summed E-state index contributed by atoms with van der Waals surface area (Å²) in [6.45, 7) is 6.03. The van der Waals surface area contributed by atoms with Crippen molar-refractivity contribution in [3.05, 3.63) is 42.2 Å². The highest BCUT2D eigenvalue weighted by Crippen LogP contribution is 2.26. The van der Waals surface area contributed by atoms with E-state index in [4.69, 9.17) is 5.11 Å². The first-order chi connectivity index (χ1) is 10.1. The number of carbonyl (C=O) groups is 1. The van der Waals surface area contributed by atoms with Crippen LogP contribution in [-0.4, -0.2) is 30.7 Å². The second kappa shape index (κ2) is 7.22. The molecule has 2 N–H and O–H groups in total. The summed E-state index contributed by atoms with van der Waals surface area (Å²) >= 11 is 0. The summed E-state index contributed by atoms with van der Waals surface area (Å²) in [4.78, 5) is 13.0. The zero-order chi connectivity index (χ0) is 15.2. The number of halogens is 1. The molecule has 1 fully saturated rings. The predicted molar refractivity (Wildman–Crippen MR) is 80.9 cm³/mol.